The zero-order valence-electron chi connectivity index (χ0n) is 10.8. The van der Waals surface area contributed by atoms with Crippen LogP contribution >= 0.6 is 11.6 Å². The van der Waals surface area contributed by atoms with Crippen LogP contribution in [0.25, 0.3) is 0 Å². The predicted molar refractivity (Wildman–Crippen MR) is 73.4 cm³/mol. The second-order valence-electron chi connectivity index (χ2n) is 5.03. The van der Waals surface area contributed by atoms with Crippen molar-refractivity contribution in [3.63, 3.8) is 0 Å². The average molecular weight is 271 g/mol. The molecule has 1 saturated heterocycles. The van der Waals surface area contributed by atoms with Gasteiger partial charge < -0.3 is 9.80 Å². The molecular formula is C12H19ClN4O. The van der Waals surface area contributed by atoms with Gasteiger partial charge >= 0.3 is 0 Å². The lowest BCUT2D eigenvalue weighted by Gasteiger charge is -2.32. The molecule has 0 atom stereocenters. The number of nitrogens with one attached hydrogen (secondary N) is 1. The fraction of sp³-hybridized carbons (Fsp3) is 0.667. The highest BCUT2D eigenvalue weighted by Crippen LogP contribution is 2.23. The van der Waals surface area contributed by atoms with Crippen LogP contribution in [0.5, 0.6) is 0 Å². The summed E-state index contributed by atoms with van der Waals surface area (Å²) in [4.78, 5) is 15.8. The molecule has 5 nitrogen and oxygen atoms in total. The Morgan fingerprint density at radius 1 is 1.56 bits per heavy atom. The minimum atomic E-state index is -0.329. The topological polar surface area (TPSA) is 52.2 Å². The quantitative estimate of drug-likeness (QED) is 0.897. The molecule has 1 aliphatic heterocycles. The van der Waals surface area contributed by atoms with Gasteiger partial charge in [-0.3, -0.25) is 4.79 Å². The highest BCUT2D eigenvalue weighted by Gasteiger charge is 2.19. The molecule has 0 saturated carbocycles. The largest absolute Gasteiger partial charge is 0.372 e. The summed E-state index contributed by atoms with van der Waals surface area (Å²) in [5.74, 6) is 0.654. The molecule has 6 heteroatoms. The Labute approximate surface area is 112 Å². The van der Waals surface area contributed by atoms with Crippen LogP contribution in [0.1, 0.15) is 12.8 Å². The first-order valence-corrected chi connectivity index (χ1v) is 6.58. The number of aromatic amines is 1. The number of aromatic nitrogens is 2. The Morgan fingerprint density at radius 3 is 2.89 bits per heavy atom. The molecule has 1 aromatic heterocycles. The van der Waals surface area contributed by atoms with E-state index < -0.39 is 0 Å². The number of hydrogen-bond donors (Lipinski definition) is 1. The Morgan fingerprint density at radius 2 is 2.22 bits per heavy atom. The van der Waals surface area contributed by atoms with Crippen molar-refractivity contribution in [2.45, 2.75) is 12.8 Å². The van der Waals surface area contributed by atoms with Crippen LogP contribution in [0, 0.1) is 5.92 Å². The van der Waals surface area contributed by atoms with E-state index in [1.807, 2.05) is 11.9 Å². The van der Waals surface area contributed by atoms with E-state index >= 15 is 0 Å². The molecule has 0 aliphatic carbocycles. The predicted octanol–water partition coefficient (Wildman–Crippen LogP) is 1.20. The lowest BCUT2D eigenvalue weighted by Crippen LogP contribution is -2.36. The van der Waals surface area contributed by atoms with E-state index in [4.69, 9.17) is 11.6 Å². The summed E-state index contributed by atoms with van der Waals surface area (Å²) in [6.07, 6.45) is 3.99. The van der Waals surface area contributed by atoms with Crippen molar-refractivity contribution in [3.05, 3.63) is 21.6 Å². The molecule has 0 bridgehead atoms. The van der Waals surface area contributed by atoms with E-state index in [2.05, 4.69) is 22.1 Å². The number of piperidine rings is 1. The second kappa shape index (κ2) is 5.71. The average Bonchev–Trinajstić information content (AvgIpc) is 2.35. The van der Waals surface area contributed by atoms with Crippen LogP contribution in [0.15, 0.2) is 11.0 Å². The maximum atomic E-state index is 11.4. The molecule has 1 fully saturated rings. The van der Waals surface area contributed by atoms with Crippen LogP contribution in [-0.4, -0.2) is 48.8 Å². The number of anilines is 1. The molecule has 100 valence electrons. The SMILES string of the molecule is CN1CCC(CN(C)c2cn[nH]c(=O)c2Cl)CC1. The fourth-order valence-electron chi connectivity index (χ4n) is 2.37. The van der Waals surface area contributed by atoms with Gasteiger partial charge in [-0.25, -0.2) is 5.10 Å². The van der Waals surface area contributed by atoms with Crippen LogP contribution in [0.2, 0.25) is 5.02 Å². The molecule has 2 rings (SSSR count). The zero-order chi connectivity index (χ0) is 13.1. The Kier molecular flexibility index (Phi) is 4.24. The van der Waals surface area contributed by atoms with Crippen molar-refractivity contribution in [1.29, 1.82) is 0 Å². The minimum Gasteiger partial charge on any atom is -0.372 e. The third-order valence-corrected chi connectivity index (χ3v) is 3.92. The lowest BCUT2D eigenvalue weighted by molar-refractivity contribution is 0.222. The first-order valence-electron chi connectivity index (χ1n) is 6.21. The molecular weight excluding hydrogens is 252 g/mol. The number of nitrogens with zero attached hydrogens (tertiary/aromatic N) is 3. The van der Waals surface area contributed by atoms with Gasteiger partial charge in [0.2, 0.25) is 0 Å². The van der Waals surface area contributed by atoms with Gasteiger partial charge in [0.05, 0.1) is 11.9 Å². The van der Waals surface area contributed by atoms with E-state index in [1.54, 1.807) is 6.20 Å². The molecule has 1 N–H and O–H groups in total. The minimum absolute atomic E-state index is 0.223. The molecule has 2 heterocycles. The van der Waals surface area contributed by atoms with Crippen LogP contribution in [-0.2, 0) is 0 Å². The van der Waals surface area contributed by atoms with Gasteiger partial charge in [-0.2, -0.15) is 5.10 Å². The maximum absolute atomic E-state index is 11.4. The molecule has 0 radical (unpaired) electrons. The van der Waals surface area contributed by atoms with Gasteiger partial charge in [-0.1, -0.05) is 11.6 Å². The third kappa shape index (κ3) is 3.03. The summed E-state index contributed by atoms with van der Waals surface area (Å²) in [5, 5.41) is 6.36. The summed E-state index contributed by atoms with van der Waals surface area (Å²) in [5.41, 5.74) is 0.378. The number of likely N-dealkylation sites (tertiary alicyclic amines) is 1. The fourth-order valence-corrected chi connectivity index (χ4v) is 2.61. The summed E-state index contributed by atoms with van der Waals surface area (Å²) >= 11 is 6.00. The number of rotatable bonds is 3. The second-order valence-corrected chi connectivity index (χ2v) is 5.40. The molecule has 18 heavy (non-hydrogen) atoms. The van der Waals surface area contributed by atoms with E-state index in [0.717, 1.165) is 19.6 Å². The Bertz CT molecular complexity index is 454. The van der Waals surface area contributed by atoms with Gasteiger partial charge in [0, 0.05) is 13.6 Å². The Balaban J connectivity index is 2.01. The number of H-pyrrole nitrogens is 1. The van der Waals surface area contributed by atoms with Crippen molar-refractivity contribution in [3.8, 4) is 0 Å². The van der Waals surface area contributed by atoms with Crippen LogP contribution in [0.4, 0.5) is 5.69 Å². The monoisotopic (exact) mass is 270 g/mol. The van der Waals surface area contributed by atoms with Gasteiger partial charge in [0.25, 0.3) is 5.56 Å². The van der Waals surface area contributed by atoms with Gasteiger partial charge in [-0.05, 0) is 38.9 Å². The smallest absolute Gasteiger partial charge is 0.285 e. The van der Waals surface area contributed by atoms with Crippen molar-refractivity contribution in [2.24, 2.45) is 5.92 Å². The molecule has 0 spiro atoms. The molecule has 1 aromatic rings. The number of hydrogen-bond acceptors (Lipinski definition) is 4. The summed E-state index contributed by atoms with van der Waals surface area (Å²) in [7, 11) is 4.11. The standard InChI is InChI=1S/C12H19ClN4O/c1-16-5-3-9(4-6-16)8-17(2)10-7-14-15-12(18)11(10)13/h7,9H,3-6,8H2,1-2H3,(H,15,18). The van der Waals surface area contributed by atoms with Gasteiger partial charge in [0.1, 0.15) is 5.02 Å². The van der Waals surface area contributed by atoms with E-state index in [9.17, 15) is 4.79 Å². The van der Waals surface area contributed by atoms with E-state index in [0.29, 0.717) is 11.6 Å². The Hall–Kier alpha value is -1.07. The van der Waals surface area contributed by atoms with Crippen LogP contribution < -0.4 is 10.5 Å². The molecule has 1 aliphatic rings. The van der Waals surface area contributed by atoms with E-state index in [1.165, 1.54) is 12.8 Å². The zero-order valence-corrected chi connectivity index (χ0v) is 11.6. The molecule has 0 amide bonds. The first kappa shape index (κ1) is 13.4. The maximum Gasteiger partial charge on any atom is 0.285 e. The summed E-state index contributed by atoms with van der Waals surface area (Å²) in [6.45, 7) is 3.19. The van der Waals surface area contributed by atoms with Crippen LogP contribution in [0.3, 0.4) is 0 Å². The molecule has 0 aromatic carbocycles. The third-order valence-electron chi connectivity index (χ3n) is 3.56. The summed E-state index contributed by atoms with van der Waals surface area (Å²) < 4.78 is 0. The summed E-state index contributed by atoms with van der Waals surface area (Å²) in [6, 6.07) is 0. The van der Waals surface area contributed by atoms with Crippen molar-refractivity contribution >= 4 is 17.3 Å². The van der Waals surface area contributed by atoms with Gasteiger partial charge in [-0.15, -0.1) is 0 Å². The number of halogens is 1. The highest BCUT2D eigenvalue weighted by atomic mass is 35.5. The lowest BCUT2D eigenvalue weighted by atomic mass is 9.96. The van der Waals surface area contributed by atoms with E-state index in [-0.39, 0.29) is 10.6 Å². The van der Waals surface area contributed by atoms with Gasteiger partial charge in [0.15, 0.2) is 0 Å². The van der Waals surface area contributed by atoms with Crippen molar-refractivity contribution < 1.29 is 0 Å². The van der Waals surface area contributed by atoms with Crippen molar-refractivity contribution in [1.82, 2.24) is 15.1 Å². The highest BCUT2D eigenvalue weighted by molar-refractivity contribution is 6.32. The van der Waals surface area contributed by atoms with Crippen molar-refractivity contribution in [2.75, 3.05) is 38.6 Å². The normalized spacial score (nSPS) is 17.9. The molecule has 0 unspecified atom stereocenters. The first-order chi connectivity index (χ1) is 8.58.